The lowest BCUT2D eigenvalue weighted by atomic mass is 10.2. The van der Waals surface area contributed by atoms with Crippen LogP contribution in [0.25, 0.3) is 0 Å². The van der Waals surface area contributed by atoms with E-state index < -0.39 is 0 Å². The van der Waals surface area contributed by atoms with Crippen molar-refractivity contribution in [1.29, 1.82) is 5.26 Å². The lowest BCUT2D eigenvalue weighted by molar-refractivity contribution is -0.115. The molecule has 0 saturated carbocycles. The standard InChI is InChI=1S/C12H12N4OS2/c1-6-7(2)19-11(9(6)4-13)16-10(17)3-8-5-18-12(14)15-8/h5H,3H2,1-2H3,(H2,14,15)(H,16,17). The number of rotatable bonds is 3. The Balaban J connectivity index is 2.11. The maximum atomic E-state index is 11.9. The third kappa shape index (κ3) is 2.92. The lowest BCUT2D eigenvalue weighted by Gasteiger charge is -2.01. The minimum absolute atomic E-state index is 0.161. The molecule has 2 heterocycles. The zero-order valence-corrected chi connectivity index (χ0v) is 12.1. The first-order valence-electron chi connectivity index (χ1n) is 5.51. The van der Waals surface area contributed by atoms with E-state index in [0.717, 1.165) is 10.4 Å². The van der Waals surface area contributed by atoms with Crippen molar-refractivity contribution in [2.75, 3.05) is 11.1 Å². The number of nitrogens with zero attached hydrogens (tertiary/aromatic N) is 2. The molecule has 0 aliphatic rings. The second-order valence-corrected chi connectivity index (χ2v) is 6.12. The van der Waals surface area contributed by atoms with E-state index >= 15 is 0 Å². The third-order valence-electron chi connectivity index (χ3n) is 2.66. The number of nitriles is 1. The molecule has 7 heteroatoms. The van der Waals surface area contributed by atoms with Crippen LogP contribution >= 0.6 is 22.7 Å². The van der Waals surface area contributed by atoms with Gasteiger partial charge in [-0.05, 0) is 19.4 Å². The number of hydrogen-bond donors (Lipinski definition) is 2. The first kappa shape index (κ1) is 13.5. The van der Waals surface area contributed by atoms with Gasteiger partial charge < -0.3 is 11.1 Å². The van der Waals surface area contributed by atoms with Gasteiger partial charge in [0.05, 0.1) is 17.7 Å². The van der Waals surface area contributed by atoms with E-state index in [9.17, 15) is 4.79 Å². The number of nitrogens with one attached hydrogen (secondary N) is 1. The molecule has 0 saturated heterocycles. The zero-order chi connectivity index (χ0) is 14.0. The van der Waals surface area contributed by atoms with Gasteiger partial charge in [0.25, 0.3) is 0 Å². The first-order chi connectivity index (χ1) is 9.01. The van der Waals surface area contributed by atoms with Crippen LogP contribution in [0.4, 0.5) is 10.1 Å². The number of anilines is 2. The summed E-state index contributed by atoms with van der Waals surface area (Å²) in [7, 11) is 0. The van der Waals surface area contributed by atoms with Crippen LogP contribution in [-0.2, 0) is 11.2 Å². The molecule has 0 aliphatic carbocycles. The maximum Gasteiger partial charge on any atom is 0.231 e. The first-order valence-corrected chi connectivity index (χ1v) is 7.20. The number of aromatic nitrogens is 1. The molecule has 19 heavy (non-hydrogen) atoms. The predicted octanol–water partition coefficient (Wildman–Crippen LogP) is 2.46. The fourth-order valence-electron chi connectivity index (χ4n) is 1.59. The van der Waals surface area contributed by atoms with Crippen LogP contribution in [0.1, 0.15) is 21.7 Å². The van der Waals surface area contributed by atoms with E-state index in [1.165, 1.54) is 22.7 Å². The summed E-state index contributed by atoms with van der Waals surface area (Å²) >= 11 is 2.72. The molecule has 1 amide bonds. The van der Waals surface area contributed by atoms with Crippen molar-refractivity contribution in [3.05, 3.63) is 27.1 Å². The Bertz CT molecular complexity index is 666. The maximum absolute atomic E-state index is 11.9. The number of thiophene rings is 1. The van der Waals surface area contributed by atoms with Crippen LogP contribution in [0.15, 0.2) is 5.38 Å². The molecule has 2 rings (SSSR count). The summed E-state index contributed by atoms with van der Waals surface area (Å²) in [5.74, 6) is -0.192. The molecule has 0 spiro atoms. The molecule has 5 nitrogen and oxygen atoms in total. The van der Waals surface area contributed by atoms with Crippen molar-refractivity contribution in [1.82, 2.24) is 4.98 Å². The molecule has 2 aromatic heterocycles. The molecule has 0 unspecified atom stereocenters. The quantitative estimate of drug-likeness (QED) is 0.909. The van der Waals surface area contributed by atoms with E-state index in [-0.39, 0.29) is 12.3 Å². The highest BCUT2D eigenvalue weighted by atomic mass is 32.1. The largest absolute Gasteiger partial charge is 0.375 e. The fraction of sp³-hybridized carbons (Fsp3) is 0.250. The Hall–Kier alpha value is -1.91. The van der Waals surface area contributed by atoms with E-state index in [4.69, 9.17) is 11.0 Å². The van der Waals surface area contributed by atoms with Crippen LogP contribution in [0.3, 0.4) is 0 Å². The zero-order valence-electron chi connectivity index (χ0n) is 10.5. The summed E-state index contributed by atoms with van der Waals surface area (Å²) in [5.41, 5.74) is 7.61. The Kier molecular flexibility index (Phi) is 3.83. The summed E-state index contributed by atoms with van der Waals surface area (Å²) in [6, 6.07) is 2.12. The van der Waals surface area contributed by atoms with Crippen LogP contribution in [0, 0.1) is 25.2 Å². The van der Waals surface area contributed by atoms with Crippen molar-refractivity contribution < 1.29 is 4.79 Å². The molecule has 0 radical (unpaired) electrons. The van der Waals surface area contributed by atoms with Gasteiger partial charge in [0.2, 0.25) is 5.91 Å². The topological polar surface area (TPSA) is 91.8 Å². The number of carbonyl (C=O) groups excluding carboxylic acids is 1. The Labute approximate surface area is 118 Å². The van der Waals surface area contributed by atoms with Crippen molar-refractivity contribution in [2.24, 2.45) is 0 Å². The molecule has 0 fully saturated rings. The van der Waals surface area contributed by atoms with E-state index in [1.807, 2.05) is 13.8 Å². The molecular weight excluding hydrogens is 280 g/mol. The molecule has 2 aromatic rings. The lowest BCUT2D eigenvalue weighted by Crippen LogP contribution is -2.14. The molecule has 3 N–H and O–H groups in total. The van der Waals surface area contributed by atoms with Crippen LogP contribution in [0.5, 0.6) is 0 Å². The van der Waals surface area contributed by atoms with E-state index in [2.05, 4.69) is 16.4 Å². The third-order valence-corrected chi connectivity index (χ3v) is 4.51. The number of nitrogens with two attached hydrogens (primary N) is 1. The van der Waals surface area contributed by atoms with E-state index in [1.54, 1.807) is 5.38 Å². The SMILES string of the molecule is Cc1sc(NC(=O)Cc2csc(N)n2)c(C#N)c1C. The second-order valence-electron chi connectivity index (χ2n) is 4.00. The van der Waals surface area contributed by atoms with Crippen LogP contribution < -0.4 is 11.1 Å². The summed E-state index contributed by atoms with van der Waals surface area (Å²) in [5, 5.41) is 14.7. The smallest absolute Gasteiger partial charge is 0.231 e. The number of nitrogen functional groups attached to an aromatic ring is 1. The number of hydrogen-bond acceptors (Lipinski definition) is 6. The number of amides is 1. The highest BCUT2D eigenvalue weighted by Gasteiger charge is 2.15. The Morgan fingerprint density at radius 3 is 2.89 bits per heavy atom. The van der Waals surface area contributed by atoms with Crippen molar-refractivity contribution in [2.45, 2.75) is 20.3 Å². The van der Waals surface area contributed by atoms with Gasteiger partial charge in [0.1, 0.15) is 11.1 Å². The molecule has 98 valence electrons. The van der Waals surface area contributed by atoms with Gasteiger partial charge >= 0.3 is 0 Å². The summed E-state index contributed by atoms with van der Waals surface area (Å²) in [6.07, 6.45) is 0.161. The van der Waals surface area contributed by atoms with Gasteiger partial charge in [-0.25, -0.2) is 4.98 Å². The minimum Gasteiger partial charge on any atom is -0.375 e. The number of carbonyl (C=O) groups is 1. The van der Waals surface area contributed by atoms with Gasteiger partial charge in [-0.15, -0.1) is 22.7 Å². The van der Waals surface area contributed by atoms with Gasteiger partial charge in [0.15, 0.2) is 5.13 Å². The van der Waals surface area contributed by atoms with Crippen LogP contribution in [-0.4, -0.2) is 10.9 Å². The van der Waals surface area contributed by atoms with Gasteiger partial charge in [-0.3, -0.25) is 4.79 Å². The monoisotopic (exact) mass is 292 g/mol. The molecular formula is C12H12N4OS2. The fourth-order valence-corrected chi connectivity index (χ4v) is 3.18. The average Bonchev–Trinajstić information content (AvgIpc) is 2.85. The van der Waals surface area contributed by atoms with Crippen LogP contribution in [0.2, 0.25) is 0 Å². The van der Waals surface area contributed by atoms with Crippen molar-refractivity contribution >= 4 is 38.7 Å². The second kappa shape index (κ2) is 5.38. The highest BCUT2D eigenvalue weighted by Crippen LogP contribution is 2.31. The van der Waals surface area contributed by atoms with Crippen molar-refractivity contribution in [3.63, 3.8) is 0 Å². The van der Waals surface area contributed by atoms with Gasteiger partial charge in [-0.2, -0.15) is 5.26 Å². The van der Waals surface area contributed by atoms with Crippen molar-refractivity contribution in [3.8, 4) is 6.07 Å². The van der Waals surface area contributed by atoms with E-state index in [0.29, 0.717) is 21.4 Å². The molecule has 0 atom stereocenters. The minimum atomic E-state index is -0.192. The Morgan fingerprint density at radius 1 is 1.58 bits per heavy atom. The average molecular weight is 292 g/mol. The highest BCUT2D eigenvalue weighted by molar-refractivity contribution is 7.16. The summed E-state index contributed by atoms with van der Waals surface area (Å²) < 4.78 is 0. The molecule has 0 aromatic carbocycles. The number of thiazole rings is 1. The Morgan fingerprint density at radius 2 is 2.32 bits per heavy atom. The normalized spacial score (nSPS) is 10.2. The molecule has 0 bridgehead atoms. The summed E-state index contributed by atoms with van der Waals surface area (Å²) in [6.45, 7) is 3.80. The predicted molar refractivity (Wildman–Crippen MR) is 77.4 cm³/mol. The number of aryl methyl sites for hydroxylation is 1. The van der Waals surface area contributed by atoms with Gasteiger partial charge in [-0.1, -0.05) is 0 Å². The van der Waals surface area contributed by atoms with Gasteiger partial charge in [0, 0.05) is 10.3 Å². The molecule has 0 aliphatic heterocycles. The summed E-state index contributed by atoms with van der Waals surface area (Å²) in [4.78, 5) is 17.0.